The lowest BCUT2D eigenvalue weighted by atomic mass is 9.77. The molecule has 0 spiro atoms. The molecule has 202 valence electrons. The van der Waals surface area contributed by atoms with E-state index in [1.165, 1.54) is 17.7 Å². The molecule has 2 heterocycles. The van der Waals surface area contributed by atoms with Crippen molar-refractivity contribution in [3.8, 4) is 11.1 Å². The van der Waals surface area contributed by atoms with Crippen LogP contribution in [0.3, 0.4) is 0 Å². The zero-order valence-electron chi connectivity index (χ0n) is 21.1. The van der Waals surface area contributed by atoms with Crippen molar-refractivity contribution in [3.63, 3.8) is 0 Å². The number of carboxylic acids is 1. The number of carboxylic acid groups (broad SMARTS) is 1. The summed E-state index contributed by atoms with van der Waals surface area (Å²) in [6, 6.07) is 16.9. The minimum absolute atomic E-state index is 0.0870. The first-order chi connectivity index (χ1) is 18.7. The molecule has 1 fully saturated rings. The summed E-state index contributed by atoms with van der Waals surface area (Å²) in [4.78, 5) is 28.0. The number of halogens is 3. The second-order valence-electron chi connectivity index (χ2n) is 10.1. The normalized spacial score (nSPS) is 17.7. The summed E-state index contributed by atoms with van der Waals surface area (Å²) in [5.74, 6) is -0.410. The lowest BCUT2D eigenvalue weighted by molar-refractivity contribution is -0.139. The van der Waals surface area contributed by atoms with E-state index >= 15 is 0 Å². The quantitative estimate of drug-likeness (QED) is 0.276. The largest absolute Gasteiger partial charge is 0.481 e. The van der Waals surface area contributed by atoms with Gasteiger partial charge in [0.15, 0.2) is 0 Å². The van der Waals surface area contributed by atoms with Gasteiger partial charge in [0, 0.05) is 25.4 Å². The third-order valence-electron chi connectivity index (χ3n) is 7.44. The first-order valence-electron chi connectivity index (χ1n) is 12.9. The number of fused-ring (bicyclic) bond motifs is 1. The number of aromatic nitrogens is 2. The highest BCUT2D eigenvalue weighted by Crippen LogP contribution is 2.37. The molecule has 2 aromatic heterocycles. The van der Waals surface area contributed by atoms with Crippen LogP contribution in [0.2, 0.25) is 0 Å². The van der Waals surface area contributed by atoms with Crippen molar-refractivity contribution in [2.24, 2.45) is 5.92 Å². The minimum atomic E-state index is -4.40. The number of carbonyl (C=O) groups excluding carboxylic acids is 1. The van der Waals surface area contributed by atoms with Crippen LogP contribution in [-0.2, 0) is 17.5 Å². The first kappa shape index (κ1) is 26.5. The Morgan fingerprint density at radius 2 is 1.56 bits per heavy atom. The Hall–Kier alpha value is -4.14. The van der Waals surface area contributed by atoms with Gasteiger partial charge in [-0.15, -0.1) is 0 Å². The molecule has 0 atom stereocenters. The summed E-state index contributed by atoms with van der Waals surface area (Å²) in [6.07, 6.45) is 3.27. The number of aliphatic carboxylic acids is 1. The Morgan fingerprint density at radius 3 is 2.21 bits per heavy atom. The summed E-state index contributed by atoms with van der Waals surface area (Å²) >= 11 is 0. The Morgan fingerprint density at radius 1 is 0.897 bits per heavy atom. The highest BCUT2D eigenvalue weighted by Gasteiger charge is 2.30. The molecule has 1 saturated carbocycles. The molecule has 4 aromatic rings. The van der Waals surface area contributed by atoms with E-state index in [1.807, 2.05) is 18.3 Å². The van der Waals surface area contributed by atoms with Crippen molar-refractivity contribution in [1.82, 2.24) is 14.7 Å². The molecule has 1 amide bonds. The first-order valence-corrected chi connectivity index (χ1v) is 12.9. The lowest BCUT2D eigenvalue weighted by Gasteiger charge is -2.28. The van der Waals surface area contributed by atoms with Crippen LogP contribution in [0.25, 0.3) is 16.8 Å². The van der Waals surface area contributed by atoms with E-state index in [9.17, 15) is 22.8 Å². The van der Waals surface area contributed by atoms with E-state index in [0.717, 1.165) is 48.9 Å². The maximum atomic E-state index is 12.7. The smallest absolute Gasteiger partial charge is 0.416 e. The number of imidazole rings is 1. The second kappa shape index (κ2) is 10.9. The van der Waals surface area contributed by atoms with Crippen molar-refractivity contribution >= 4 is 17.5 Å². The molecule has 2 aromatic carbocycles. The average molecular weight is 536 g/mol. The topological polar surface area (TPSA) is 83.7 Å². The number of alkyl halides is 3. The Bertz CT molecular complexity index is 1470. The minimum Gasteiger partial charge on any atom is -0.481 e. The van der Waals surface area contributed by atoms with Crippen LogP contribution in [0.4, 0.5) is 13.2 Å². The number of hydrogen-bond donors (Lipinski definition) is 2. The monoisotopic (exact) mass is 535 g/mol. The lowest BCUT2D eigenvalue weighted by Crippen LogP contribution is -2.23. The van der Waals surface area contributed by atoms with Gasteiger partial charge in [0.2, 0.25) is 0 Å². The van der Waals surface area contributed by atoms with Gasteiger partial charge in [-0.2, -0.15) is 13.2 Å². The van der Waals surface area contributed by atoms with E-state index < -0.39 is 23.6 Å². The number of amides is 1. The fraction of sp³-hybridized carbons (Fsp3) is 0.300. The Balaban J connectivity index is 1.21. The number of pyridine rings is 1. The van der Waals surface area contributed by atoms with Crippen molar-refractivity contribution in [3.05, 3.63) is 95.4 Å². The molecule has 0 unspecified atom stereocenters. The number of rotatable bonds is 7. The van der Waals surface area contributed by atoms with Gasteiger partial charge in [0.25, 0.3) is 5.91 Å². The van der Waals surface area contributed by atoms with E-state index in [-0.39, 0.29) is 24.6 Å². The van der Waals surface area contributed by atoms with Crippen LogP contribution in [0.15, 0.2) is 73.1 Å². The summed E-state index contributed by atoms with van der Waals surface area (Å²) in [5.41, 5.74) is 3.91. The standard InChI is InChI=1S/C30H28F3N3O3/c31-30(32,33)25-12-3-20(4-13-25)16-34-29(39)26-18-36-17-24(11-14-27(36)35-26)23-9-7-22(8-10-23)21-5-1-19(2-6-21)15-28(37)38/h3-4,7-14,17-19,21H,1-2,5-6,15-16H2,(H,34,39)(H,37,38)/t19-,21-. The van der Waals surface area contributed by atoms with Crippen molar-refractivity contribution in [2.45, 2.75) is 50.7 Å². The van der Waals surface area contributed by atoms with Gasteiger partial charge >= 0.3 is 12.1 Å². The Kier molecular flexibility index (Phi) is 7.41. The van der Waals surface area contributed by atoms with E-state index in [0.29, 0.717) is 17.1 Å². The summed E-state index contributed by atoms with van der Waals surface area (Å²) in [6.45, 7) is 0.0870. The molecular weight excluding hydrogens is 507 g/mol. The van der Waals surface area contributed by atoms with Gasteiger partial charge in [-0.25, -0.2) is 4.98 Å². The fourth-order valence-corrected chi connectivity index (χ4v) is 5.25. The van der Waals surface area contributed by atoms with Gasteiger partial charge in [0.1, 0.15) is 11.3 Å². The van der Waals surface area contributed by atoms with Gasteiger partial charge in [-0.1, -0.05) is 36.4 Å². The predicted octanol–water partition coefficient (Wildman–Crippen LogP) is 6.70. The third-order valence-corrected chi connectivity index (χ3v) is 7.44. The van der Waals surface area contributed by atoms with Crippen LogP contribution in [0.1, 0.15) is 65.2 Å². The zero-order valence-corrected chi connectivity index (χ0v) is 21.1. The summed E-state index contributed by atoms with van der Waals surface area (Å²) < 4.78 is 40.0. The number of carbonyl (C=O) groups is 2. The highest BCUT2D eigenvalue weighted by atomic mass is 19.4. The van der Waals surface area contributed by atoms with Gasteiger partial charge in [0.05, 0.1) is 5.56 Å². The molecule has 0 bridgehead atoms. The van der Waals surface area contributed by atoms with Crippen LogP contribution in [0.5, 0.6) is 0 Å². The molecule has 5 rings (SSSR count). The zero-order chi connectivity index (χ0) is 27.6. The molecular formula is C30H28F3N3O3. The van der Waals surface area contributed by atoms with Gasteiger partial charge in [-0.3, -0.25) is 9.59 Å². The average Bonchev–Trinajstić information content (AvgIpc) is 3.35. The summed E-state index contributed by atoms with van der Waals surface area (Å²) in [5, 5.41) is 11.7. The molecule has 39 heavy (non-hydrogen) atoms. The van der Waals surface area contributed by atoms with Crippen LogP contribution < -0.4 is 5.32 Å². The van der Waals surface area contributed by atoms with Gasteiger partial charge in [-0.05, 0) is 84.0 Å². The van der Waals surface area contributed by atoms with E-state index in [1.54, 1.807) is 10.6 Å². The highest BCUT2D eigenvalue weighted by molar-refractivity contribution is 5.92. The fourth-order valence-electron chi connectivity index (χ4n) is 5.25. The predicted molar refractivity (Wildman–Crippen MR) is 140 cm³/mol. The van der Waals surface area contributed by atoms with Crippen LogP contribution in [0, 0.1) is 5.92 Å². The number of benzene rings is 2. The maximum absolute atomic E-state index is 12.7. The molecule has 0 saturated heterocycles. The van der Waals surface area contributed by atoms with E-state index in [4.69, 9.17) is 5.11 Å². The summed E-state index contributed by atoms with van der Waals surface area (Å²) in [7, 11) is 0. The Labute approximate surface area is 223 Å². The molecule has 0 radical (unpaired) electrons. The number of nitrogens with one attached hydrogen (secondary N) is 1. The number of nitrogens with zero attached hydrogens (tertiary/aromatic N) is 2. The van der Waals surface area contributed by atoms with Gasteiger partial charge < -0.3 is 14.8 Å². The molecule has 1 aliphatic rings. The molecule has 1 aliphatic carbocycles. The SMILES string of the molecule is O=C(O)C[C@H]1CC[C@H](c2ccc(-c3ccc4nc(C(=O)NCc5ccc(C(F)(F)F)cc5)cn4c3)cc2)CC1. The maximum Gasteiger partial charge on any atom is 0.416 e. The molecule has 9 heteroatoms. The molecule has 6 nitrogen and oxygen atoms in total. The van der Waals surface area contributed by atoms with E-state index in [2.05, 4.69) is 34.6 Å². The van der Waals surface area contributed by atoms with Crippen LogP contribution >= 0.6 is 0 Å². The number of hydrogen-bond acceptors (Lipinski definition) is 3. The second-order valence-corrected chi connectivity index (χ2v) is 10.1. The van der Waals surface area contributed by atoms with Crippen LogP contribution in [-0.4, -0.2) is 26.4 Å². The van der Waals surface area contributed by atoms with Crippen molar-refractivity contribution in [2.75, 3.05) is 0 Å². The molecule has 0 aliphatic heterocycles. The van der Waals surface area contributed by atoms with Crippen molar-refractivity contribution < 1.29 is 27.9 Å². The third kappa shape index (κ3) is 6.30. The van der Waals surface area contributed by atoms with Crippen molar-refractivity contribution in [1.29, 1.82) is 0 Å². The molecule has 2 N–H and O–H groups in total.